The van der Waals surface area contributed by atoms with E-state index in [2.05, 4.69) is 0 Å². The van der Waals surface area contributed by atoms with Crippen molar-refractivity contribution in [3.63, 3.8) is 0 Å². The molecule has 0 fully saturated rings. The lowest BCUT2D eigenvalue weighted by Gasteiger charge is -2.20. The molecule has 0 radical (unpaired) electrons. The molecule has 0 unspecified atom stereocenters. The Morgan fingerprint density at radius 1 is 1.12 bits per heavy atom. The molecule has 0 aliphatic carbocycles. The van der Waals surface area contributed by atoms with E-state index >= 15 is 0 Å². The summed E-state index contributed by atoms with van der Waals surface area (Å²) in [6.07, 6.45) is 1.20. The van der Waals surface area contributed by atoms with Crippen LogP contribution in [0.15, 0.2) is 23.1 Å². The van der Waals surface area contributed by atoms with Crippen molar-refractivity contribution in [2.45, 2.75) is 31.1 Å². The minimum absolute atomic E-state index is 0.103. The van der Waals surface area contributed by atoms with Crippen molar-refractivity contribution >= 4 is 9.84 Å². The van der Waals surface area contributed by atoms with Gasteiger partial charge in [0.05, 0.1) is 12.0 Å². The molecule has 0 N–H and O–H groups in total. The first-order valence-corrected chi connectivity index (χ1v) is 6.93. The Morgan fingerprint density at radius 2 is 1.69 bits per heavy atom. The Morgan fingerprint density at radius 3 is 2.06 bits per heavy atom. The highest BCUT2D eigenvalue weighted by atomic mass is 32.2. The zero-order chi connectivity index (χ0) is 12.6. The summed E-state index contributed by atoms with van der Waals surface area (Å²) in [5.41, 5.74) is 0.848. The highest BCUT2D eigenvalue weighted by Gasteiger charge is 2.18. The third kappa shape index (κ3) is 2.98. The monoisotopic (exact) mass is 242 g/mol. The highest BCUT2D eigenvalue weighted by molar-refractivity contribution is 7.90. The van der Waals surface area contributed by atoms with Crippen LogP contribution in [0.3, 0.4) is 0 Å². The molecule has 16 heavy (non-hydrogen) atoms. The number of hydrogen-bond donors (Lipinski definition) is 0. The second-order valence-electron chi connectivity index (χ2n) is 4.92. The lowest BCUT2D eigenvalue weighted by Crippen LogP contribution is -2.12. The molecule has 0 aromatic heterocycles. The van der Waals surface area contributed by atoms with E-state index in [1.54, 1.807) is 12.1 Å². The lowest BCUT2D eigenvalue weighted by atomic mass is 9.87. The molecule has 0 saturated carbocycles. The average Bonchev–Trinajstić information content (AvgIpc) is 2.14. The Hall–Kier alpha value is -1.03. The number of benzene rings is 1. The quantitative estimate of drug-likeness (QED) is 0.799. The Labute approximate surface area is 97.4 Å². The molecule has 4 heteroatoms. The zero-order valence-corrected chi connectivity index (χ0v) is 11.2. The average molecular weight is 242 g/mol. The van der Waals surface area contributed by atoms with Gasteiger partial charge in [-0.25, -0.2) is 8.42 Å². The summed E-state index contributed by atoms with van der Waals surface area (Å²) in [7, 11) is -1.66. The number of methoxy groups -OCH3 is 1. The summed E-state index contributed by atoms with van der Waals surface area (Å²) in [6.45, 7) is 6.11. The largest absolute Gasteiger partial charge is 0.497 e. The van der Waals surface area contributed by atoms with Crippen LogP contribution in [0.4, 0.5) is 0 Å². The fourth-order valence-corrected chi connectivity index (χ4v) is 2.01. The molecule has 0 saturated heterocycles. The SMILES string of the molecule is COc1cc(C(C)(C)C)cc(S(C)(=O)=O)c1. The zero-order valence-electron chi connectivity index (χ0n) is 10.4. The van der Waals surface area contributed by atoms with Crippen LogP contribution in [0.2, 0.25) is 0 Å². The van der Waals surface area contributed by atoms with Gasteiger partial charge in [0, 0.05) is 6.26 Å². The molecule has 1 rings (SSSR count). The summed E-state index contributed by atoms with van der Waals surface area (Å²) in [5.74, 6) is 0.577. The standard InChI is InChI=1S/C12H18O3S/c1-12(2,3)9-6-10(15-4)8-11(7-9)16(5,13)14/h6-8H,1-5H3. The van der Waals surface area contributed by atoms with Gasteiger partial charge in [-0.2, -0.15) is 0 Å². The van der Waals surface area contributed by atoms with Crippen LogP contribution in [0, 0.1) is 0 Å². The third-order valence-electron chi connectivity index (χ3n) is 2.41. The first-order chi connectivity index (χ1) is 7.14. The van der Waals surface area contributed by atoms with E-state index in [0.717, 1.165) is 5.56 Å². The first-order valence-electron chi connectivity index (χ1n) is 5.04. The van der Waals surface area contributed by atoms with Crippen LogP contribution in [0.25, 0.3) is 0 Å². The first kappa shape index (κ1) is 13.0. The summed E-state index contributed by atoms with van der Waals surface area (Å²) >= 11 is 0. The van der Waals surface area contributed by atoms with Gasteiger partial charge in [-0.3, -0.25) is 0 Å². The molecule has 1 aromatic rings. The van der Waals surface area contributed by atoms with Gasteiger partial charge >= 0.3 is 0 Å². The smallest absolute Gasteiger partial charge is 0.175 e. The van der Waals surface area contributed by atoms with Crippen molar-refractivity contribution in [1.82, 2.24) is 0 Å². The number of rotatable bonds is 2. The molecular weight excluding hydrogens is 224 g/mol. The van der Waals surface area contributed by atoms with E-state index in [1.165, 1.54) is 13.4 Å². The predicted octanol–water partition coefficient (Wildman–Crippen LogP) is 2.40. The molecule has 90 valence electrons. The van der Waals surface area contributed by atoms with Crippen LogP contribution in [0.1, 0.15) is 26.3 Å². The molecule has 0 amide bonds. The molecule has 1 aromatic carbocycles. The number of hydrogen-bond acceptors (Lipinski definition) is 3. The van der Waals surface area contributed by atoms with Crippen molar-refractivity contribution in [2.24, 2.45) is 0 Å². The minimum atomic E-state index is -3.20. The highest BCUT2D eigenvalue weighted by Crippen LogP contribution is 2.29. The van der Waals surface area contributed by atoms with Crippen molar-refractivity contribution < 1.29 is 13.2 Å². The van der Waals surface area contributed by atoms with E-state index in [9.17, 15) is 8.42 Å². The van der Waals surface area contributed by atoms with Crippen molar-refractivity contribution in [3.05, 3.63) is 23.8 Å². The number of sulfone groups is 1. The molecule has 0 heterocycles. The molecule has 0 bridgehead atoms. The van der Waals surface area contributed by atoms with E-state index in [0.29, 0.717) is 10.6 Å². The van der Waals surface area contributed by atoms with Gasteiger partial charge in [-0.05, 0) is 29.2 Å². The maximum absolute atomic E-state index is 11.5. The van der Waals surface area contributed by atoms with E-state index in [4.69, 9.17) is 4.74 Å². The van der Waals surface area contributed by atoms with Crippen molar-refractivity contribution in [3.8, 4) is 5.75 Å². The summed E-state index contributed by atoms with van der Waals surface area (Å²) in [6, 6.07) is 5.12. The second-order valence-corrected chi connectivity index (χ2v) is 6.94. The Balaban J connectivity index is 3.45. The van der Waals surface area contributed by atoms with Crippen LogP contribution in [-0.2, 0) is 15.3 Å². The van der Waals surface area contributed by atoms with Crippen LogP contribution < -0.4 is 4.74 Å². The molecule has 0 atom stereocenters. The molecular formula is C12H18O3S. The third-order valence-corrected chi connectivity index (χ3v) is 3.50. The fourth-order valence-electron chi connectivity index (χ4n) is 1.34. The second kappa shape index (κ2) is 4.09. The van der Waals surface area contributed by atoms with Gasteiger partial charge in [-0.1, -0.05) is 20.8 Å². The van der Waals surface area contributed by atoms with Gasteiger partial charge < -0.3 is 4.74 Å². The Kier molecular flexibility index (Phi) is 3.33. The van der Waals surface area contributed by atoms with Crippen LogP contribution >= 0.6 is 0 Å². The molecule has 3 nitrogen and oxygen atoms in total. The minimum Gasteiger partial charge on any atom is -0.497 e. The van der Waals surface area contributed by atoms with Crippen molar-refractivity contribution in [1.29, 1.82) is 0 Å². The van der Waals surface area contributed by atoms with Gasteiger partial charge in [0.25, 0.3) is 0 Å². The predicted molar refractivity (Wildman–Crippen MR) is 64.8 cm³/mol. The molecule has 0 spiro atoms. The summed E-state index contributed by atoms with van der Waals surface area (Å²) in [5, 5.41) is 0. The number of ether oxygens (including phenoxy) is 1. The van der Waals surface area contributed by atoms with Crippen LogP contribution in [-0.4, -0.2) is 21.8 Å². The maximum atomic E-state index is 11.5. The van der Waals surface area contributed by atoms with Gasteiger partial charge in [-0.15, -0.1) is 0 Å². The Bertz CT molecular complexity index is 481. The summed E-state index contributed by atoms with van der Waals surface area (Å²) in [4.78, 5) is 0.303. The topological polar surface area (TPSA) is 43.4 Å². The van der Waals surface area contributed by atoms with E-state index < -0.39 is 9.84 Å². The fraction of sp³-hybridized carbons (Fsp3) is 0.500. The van der Waals surface area contributed by atoms with Crippen molar-refractivity contribution in [2.75, 3.05) is 13.4 Å². The van der Waals surface area contributed by atoms with Gasteiger partial charge in [0.2, 0.25) is 0 Å². The summed E-state index contributed by atoms with van der Waals surface area (Å²) < 4.78 is 28.2. The van der Waals surface area contributed by atoms with Crippen LogP contribution in [0.5, 0.6) is 5.75 Å². The normalized spacial score (nSPS) is 12.6. The van der Waals surface area contributed by atoms with E-state index in [1.807, 2.05) is 26.8 Å². The van der Waals surface area contributed by atoms with Gasteiger partial charge in [0.1, 0.15) is 5.75 Å². The van der Waals surface area contributed by atoms with Gasteiger partial charge in [0.15, 0.2) is 9.84 Å². The molecule has 0 aliphatic rings. The molecule has 0 aliphatic heterocycles. The maximum Gasteiger partial charge on any atom is 0.175 e. The van der Waals surface area contributed by atoms with E-state index in [-0.39, 0.29) is 5.41 Å². The lowest BCUT2D eigenvalue weighted by molar-refractivity contribution is 0.411.